The molecule has 0 bridgehead atoms. The molecule has 1 heterocycles. The lowest BCUT2D eigenvalue weighted by molar-refractivity contribution is -0.134. The predicted molar refractivity (Wildman–Crippen MR) is 67.1 cm³/mol. The molecule has 8 heteroatoms. The van der Waals surface area contributed by atoms with Crippen molar-refractivity contribution in [3.8, 4) is 0 Å². The lowest BCUT2D eigenvalue weighted by Gasteiger charge is -2.19. The summed E-state index contributed by atoms with van der Waals surface area (Å²) in [6, 6.07) is 1.42. The van der Waals surface area contributed by atoms with Crippen molar-refractivity contribution < 1.29 is 18.0 Å². The van der Waals surface area contributed by atoms with Crippen LogP contribution in [0.3, 0.4) is 0 Å². The number of carbonyl (C=O) groups is 1. The molecule has 0 aliphatic heterocycles. The van der Waals surface area contributed by atoms with Crippen molar-refractivity contribution >= 4 is 23.2 Å². The fraction of sp³-hybridized carbons (Fsp3) is 0.455. The zero-order valence-corrected chi connectivity index (χ0v) is 11.1. The Morgan fingerprint density at radius 3 is 2.53 bits per heavy atom. The summed E-state index contributed by atoms with van der Waals surface area (Å²) in [7, 11) is 0. The average Bonchev–Trinajstić information content (AvgIpc) is 2.73. The SMILES string of the molecule is CCCC(=N)N(Cc1ccc(C(F)(F)F)s1)C(N)=O. The maximum Gasteiger partial charge on any atom is 0.425 e. The number of amidine groups is 1. The Bertz CT molecular complexity index is 470. The Hall–Kier alpha value is -1.57. The van der Waals surface area contributed by atoms with Crippen molar-refractivity contribution in [2.45, 2.75) is 32.5 Å². The number of urea groups is 1. The molecule has 0 saturated heterocycles. The number of thiophene rings is 1. The second-order valence-corrected chi connectivity index (χ2v) is 5.05. The van der Waals surface area contributed by atoms with Crippen LogP contribution in [-0.2, 0) is 12.7 Å². The molecule has 0 aliphatic carbocycles. The average molecular weight is 293 g/mol. The van der Waals surface area contributed by atoms with Gasteiger partial charge in [-0.2, -0.15) is 13.2 Å². The lowest BCUT2D eigenvalue weighted by Crippen LogP contribution is -2.39. The van der Waals surface area contributed by atoms with Gasteiger partial charge < -0.3 is 5.73 Å². The minimum Gasteiger partial charge on any atom is -0.351 e. The van der Waals surface area contributed by atoms with E-state index in [4.69, 9.17) is 11.1 Å². The Labute approximate surface area is 112 Å². The zero-order valence-electron chi connectivity index (χ0n) is 10.3. The number of rotatable bonds is 4. The summed E-state index contributed by atoms with van der Waals surface area (Å²) in [5, 5.41) is 7.66. The molecular formula is C11H14F3N3OS. The third kappa shape index (κ3) is 4.23. The highest BCUT2D eigenvalue weighted by Gasteiger charge is 2.32. The van der Waals surface area contributed by atoms with Crippen LogP contribution < -0.4 is 5.73 Å². The highest BCUT2D eigenvalue weighted by Crippen LogP contribution is 2.34. The lowest BCUT2D eigenvalue weighted by atomic mass is 10.3. The van der Waals surface area contributed by atoms with Gasteiger partial charge in [-0.3, -0.25) is 10.3 Å². The first-order valence-corrected chi connectivity index (χ1v) is 6.37. The first-order valence-electron chi connectivity index (χ1n) is 5.56. The summed E-state index contributed by atoms with van der Waals surface area (Å²) in [5.74, 6) is 0.0111. The van der Waals surface area contributed by atoms with Gasteiger partial charge in [0.15, 0.2) is 0 Å². The summed E-state index contributed by atoms with van der Waals surface area (Å²) in [5.41, 5.74) is 5.14. The van der Waals surface area contributed by atoms with Crippen molar-refractivity contribution in [3.05, 3.63) is 21.9 Å². The van der Waals surface area contributed by atoms with Crippen LogP contribution in [-0.4, -0.2) is 16.8 Å². The topological polar surface area (TPSA) is 70.2 Å². The number of nitrogens with two attached hydrogens (primary N) is 1. The molecule has 0 aromatic carbocycles. The van der Waals surface area contributed by atoms with Gasteiger partial charge in [-0.05, 0) is 18.6 Å². The fourth-order valence-corrected chi connectivity index (χ4v) is 2.31. The second kappa shape index (κ2) is 6.05. The Morgan fingerprint density at radius 2 is 2.11 bits per heavy atom. The molecule has 0 aliphatic rings. The summed E-state index contributed by atoms with van der Waals surface area (Å²) >= 11 is 0.550. The van der Waals surface area contributed by atoms with Crippen LogP contribution >= 0.6 is 11.3 Å². The minimum absolute atomic E-state index is 0.0111. The third-order valence-electron chi connectivity index (χ3n) is 2.33. The molecule has 4 nitrogen and oxygen atoms in total. The van der Waals surface area contributed by atoms with Gasteiger partial charge in [-0.1, -0.05) is 6.92 Å². The summed E-state index contributed by atoms with van der Waals surface area (Å²) in [4.78, 5) is 11.8. The Morgan fingerprint density at radius 1 is 1.47 bits per heavy atom. The number of primary amides is 1. The van der Waals surface area contributed by atoms with Crippen molar-refractivity contribution in [1.29, 1.82) is 5.41 Å². The van der Waals surface area contributed by atoms with Gasteiger partial charge in [0.05, 0.1) is 6.54 Å². The molecule has 1 aromatic rings. The molecule has 0 saturated carbocycles. The molecule has 106 valence electrons. The highest BCUT2D eigenvalue weighted by molar-refractivity contribution is 7.12. The maximum absolute atomic E-state index is 12.4. The van der Waals surface area contributed by atoms with Gasteiger partial charge in [0.2, 0.25) is 0 Å². The molecule has 0 atom stereocenters. The maximum atomic E-state index is 12.4. The third-order valence-corrected chi connectivity index (χ3v) is 3.45. The number of nitrogens with one attached hydrogen (secondary N) is 1. The van der Waals surface area contributed by atoms with Gasteiger partial charge in [-0.25, -0.2) is 4.79 Å². The Balaban J connectivity index is 2.83. The van der Waals surface area contributed by atoms with E-state index in [0.717, 1.165) is 11.0 Å². The van der Waals surface area contributed by atoms with Gasteiger partial charge in [0.1, 0.15) is 10.7 Å². The van der Waals surface area contributed by atoms with Gasteiger partial charge in [-0.15, -0.1) is 11.3 Å². The van der Waals surface area contributed by atoms with Gasteiger partial charge in [0.25, 0.3) is 0 Å². The first kappa shape index (κ1) is 15.5. The molecule has 0 unspecified atom stereocenters. The largest absolute Gasteiger partial charge is 0.425 e. The number of nitrogens with zero attached hydrogens (tertiary/aromatic N) is 1. The van der Waals surface area contributed by atoms with Crippen molar-refractivity contribution in [1.82, 2.24) is 4.90 Å². The minimum atomic E-state index is -4.39. The van der Waals surface area contributed by atoms with E-state index in [0.29, 0.717) is 29.1 Å². The van der Waals surface area contributed by atoms with E-state index < -0.39 is 17.1 Å². The van der Waals surface area contributed by atoms with E-state index in [9.17, 15) is 18.0 Å². The monoisotopic (exact) mass is 293 g/mol. The fourth-order valence-electron chi connectivity index (χ4n) is 1.45. The Kier molecular flexibility index (Phi) is 4.93. The van der Waals surface area contributed by atoms with Crippen LogP contribution in [0.1, 0.15) is 29.5 Å². The number of hydrogen-bond acceptors (Lipinski definition) is 3. The summed E-state index contributed by atoms with van der Waals surface area (Å²) < 4.78 is 37.3. The highest BCUT2D eigenvalue weighted by atomic mass is 32.1. The zero-order chi connectivity index (χ0) is 14.6. The van der Waals surface area contributed by atoms with Crippen molar-refractivity contribution in [2.75, 3.05) is 0 Å². The molecule has 0 fully saturated rings. The van der Waals surface area contributed by atoms with Crippen LogP contribution in [0.2, 0.25) is 0 Å². The summed E-state index contributed by atoms with van der Waals surface area (Å²) in [6.45, 7) is 1.73. The van der Waals surface area contributed by atoms with Crippen LogP contribution in [0.25, 0.3) is 0 Å². The summed E-state index contributed by atoms with van der Waals surface area (Å²) in [6.07, 6.45) is -3.39. The van der Waals surface area contributed by atoms with E-state index >= 15 is 0 Å². The van der Waals surface area contributed by atoms with Crippen LogP contribution in [0.5, 0.6) is 0 Å². The normalized spacial score (nSPS) is 11.4. The van der Waals surface area contributed by atoms with E-state index in [1.807, 2.05) is 6.92 Å². The molecular weight excluding hydrogens is 279 g/mol. The molecule has 1 rings (SSSR count). The molecule has 3 N–H and O–H groups in total. The molecule has 19 heavy (non-hydrogen) atoms. The van der Waals surface area contributed by atoms with E-state index in [2.05, 4.69) is 0 Å². The smallest absolute Gasteiger partial charge is 0.351 e. The molecule has 2 amide bonds. The predicted octanol–water partition coefficient (Wildman–Crippen LogP) is 3.42. The van der Waals surface area contributed by atoms with E-state index in [-0.39, 0.29) is 12.4 Å². The van der Waals surface area contributed by atoms with Crippen molar-refractivity contribution in [3.63, 3.8) is 0 Å². The van der Waals surface area contributed by atoms with E-state index in [1.165, 1.54) is 6.07 Å². The number of alkyl halides is 3. The second-order valence-electron chi connectivity index (χ2n) is 3.88. The standard InChI is InChI=1S/C11H14F3N3OS/c1-2-3-9(15)17(10(16)18)6-7-4-5-8(19-7)11(12,13)14/h4-5,15H,2-3,6H2,1H3,(H2,16,18). The van der Waals surface area contributed by atoms with Crippen LogP contribution in [0.4, 0.5) is 18.0 Å². The van der Waals surface area contributed by atoms with Crippen LogP contribution in [0, 0.1) is 5.41 Å². The molecule has 0 radical (unpaired) electrons. The van der Waals surface area contributed by atoms with Crippen LogP contribution in [0.15, 0.2) is 12.1 Å². The molecule has 0 spiro atoms. The number of carbonyl (C=O) groups excluding carboxylic acids is 1. The van der Waals surface area contributed by atoms with Gasteiger partial charge >= 0.3 is 12.2 Å². The number of halogens is 3. The molecule has 1 aromatic heterocycles. The quantitative estimate of drug-likeness (QED) is 0.648. The van der Waals surface area contributed by atoms with Gasteiger partial charge in [0, 0.05) is 11.3 Å². The number of amides is 2. The first-order chi connectivity index (χ1) is 8.75. The van der Waals surface area contributed by atoms with Crippen molar-refractivity contribution in [2.24, 2.45) is 5.73 Å². The van der Waals surface area contributed by atoms with E-state index in [1.54, 1.807) is 0 Å². The number of hydrogen-bond donors (Lipinski definition) is 2.